The van der Waals surface area contributed by atoms with Crippen LogP contribution in [-0.2, 0) is 13.7 Å². The molecule has 0 N–H and O–H groups in total. The molecule has 1 aliphatic rings. The molecular formula is C26H20FNO3. The minimum absolute atomic E-state index is 0.134. The van der Waals surface area contributed by atoms with Crippen molar-refractivity contribution >= 4 is 22.8 Å². The van der Waals surface area contributed by atoms with Gasteiger partial charge in [0.15, 0.2) is 5.76 Å². The summed E-state index contributed by atoms with van der Waals surface area (Å²) in [5, 5.41) is 1.06. The number of para-hydroxylation sites is 1. The third-order valence-corrected chi connectivity index (χ3v) is 5.48. The monoisotopic (exact) mass is 413 g/mol. The first kappa shape index (κ1) is 19.1. The van der Waals surface area contributed by atoms with Crippen LogP contribution in [0, 0.1) is 12.7 Å². The maximum atomic E-state index is 13.1. The zero-order valence-electron chi connectivity index (χ0n) is 17.2. The number of ether oxygens (including phenoxy) is 2. The average Bonchev–Trinajstić information content (AvgIpc) is 3.25. The largest absolute Gasteiger partial charge is 0.489 e. The van der Waals surface area contributed by atoms with Gasteiger partial charge in [0.1, 0.15) is 23.9 Å². The quantitative estimate of drug-likeness (QED) is 0.396. The van der Waals surface area contributed by atoms with E-state index < -0.39 is 0 Å². The Bertz CT molecular complexity index is 1350. The van der Waals surface area contributed by atoms with Crippen LogP contribution in [0.2, 0.25) is 0 Å². The topological polar surface area (TPSA) is 40.5 Å². The molecule has 154 valence electrons. The second-order valence-electron chi connectivity index (χ2n) is 7.68. The third kappa shape index (κ3) is 3.48. The van der Waals surface area contributed by atoms with Gasteiger partial charge in [-0.15, -0.1) is 0 Å². The van der Waals surface area contributed by atoms with Crippen LogP contribution in [0.5, 0.6) is 11.5 Å². The Labute approximate surface area is 179 Å². The summed E-state index contributed by atoms with van der Waals surface area (Å²) < 4.78 is 26.9. The summed E-state index contributed by atoms with van der Waals surface area (Å²) in [6.07, 6.45) is 3.78. The number of hydrogen-bond acceptors (Lipinski definition) is 3. The molecule has 0 saturated carbocycles. The molecule has 0 radical (unpaired) electrons. The minimum Gasteiger partial charge on any atom is -0.489 e. The van der Waals surface area contributed by atoms with Crippen LogP contribution in [0.1, 0.15) is 27.0 Å². The fourth-order valence-electron chi connectivity index (χ4n) is 3.94. The summed E-state index contributed by atoms with van der Waals surface area (Å²) in [6, 6.07) is 17.8. The molecule has 1 aromatic heterocycles. The first-order chi connectivity index (χ1) is 15.0. The van der Waals surface area contributed by atoms with Crippen LogP contribution in [0.4, 0.5) is 4.39 Å². The van der Waals surface area contributed by atoms with Gasteiger partial charge in [-0.2, -0.15) is 0 Å². The summed E-state index contributed by atoms with van der Waals surface area (Å²) in [6.45, 7) is 2.16. The molecule has 4 nitrogen and oxygen atoms in total. The van der Waals surface area contributed by atoms with E-state index in [0.29, 0.717) is 29.4 Å². The van der Waals surface area contributed by atoms with Crippen molar-refractivity contribution in [3.63, 3.8) is 0 Å². The Morgan fingerprint density at radius 1 is 1.10 bits per heavy atom. The van der Waals surface area contributed by atoms with Crippen molar-refractivity contribution in [2.24, 2.45) is 7.05 Å². The highest BCUT2D eigenvalue weighted by Gasteiger charge is 2.30. The lowest BCUT2D eigenvalue weighted by Gasteiger charge is -2.09. The van der Waals surface area contributed by atoms with Gasteiger partial charge in [0.25, 0.3) is 0 Å². The van der Waals surface area contributed by atoms with Crippen molar-refractivity contribution in [2.45, 2.75) is 13.5 Å². The lowest BCUT2D eigenvalue weighted by atomic mass is 10.0. The number of ketones is 1. The molecule has 1 aliphatic heterocycles. The molecule has 0 amide bonds. The molecule has 2 heterocycles. The predicted molar refractivity (Wildman–Crippen MR) is 118 cm³/mol. The number of carbonyl (C=O) groups is 1. The Hall–Kier alpha value is -3.86. The van der Waals surface area contributed by atoms with E-state index in [2.05, 4.69) is 0 Å². The summed E-state index contributed by atoms with van der Waals surface area (Å²) in [5.41, 5.74) is 4.22. The summed E-state index contributed by atoms with van der Waals surface area (Å²) in [5.74, 6) is 0.968. The van der Waals surface area contributed by atoms with Gasteiger partial charge in [0, 0.05) is 35.8 Å². The summed E-state index contributed by atoms with van der Waals surface area (Å²) in [7, 11) is 1.98. The molecule has 0 saturated heterocycles. The number of halogens is 1. The molecule has 0 spiro atoms. The fraction of sp³-hybridized carbons (Fsp3) is 0.115. The van der Waals surface area contributed by atoms with Gasteiger partial charge in [0.2, 0.25) is 5.78 Å². The van der Waals surface area contributed by atoms with E-state index in [1.54, 1.807) is 24.3 Å². The Morgan fingerprint density at radius 2 is 1.87 bits per heavy atom. The molecule has 5 heteroatoms. The zero-order valence-corrected chi connectivity index (χ0v) is 17.2. The van der Waals surface area contributed by atoms with Crippen LogP contribution < -0.4 is 9.47 Å². The van der Waals surface area contributed by atoms with E-state index in [0.717, 1.165) is 27.6 Å². The predicted octanol–water partition coefficient (Wildman–Crippen LogP) is 5.82. The van der Waals surface area contributed by atoms with Crippen molar-refractivity contribution in [1.29, 1.82) is 0 Å². The Kier molecular flexibility index (Phi) is 4.59. The molecule has 0 fully saturated rings. The van der Waals surface area contributed by atoms with E-state index in [1.165, 1.54) is 12.1 Å². The Morgan fingerprint density at radius 3 is 2.68 bits per heavy atom. The van der Waals surface area contributed by atoms with Crippen LogP contribution in [-0.4, -0.2) is 10.4 Å². The third-order valence-electron chi connectivity index (χ3n) is 5.48. The SMILES string of the molecule is Cc1cc(OCc2ccc(F)cc2)cc2c1C(=O)/C(=C/c1cn(C)c3ccccc13)O2. The molecule has 0 atom stereocenters. The first-order valence-corrected chi connectivity index (χ1v) is 10.00. The number of allylic oxidation sites excluding steroid dienone is 1. The summed E-state index contributed by atoms with van der Waals surface area (Å²) in [4.78, 5) is 13.0. The number of rotatable bonds is 4. The molecule has 0 aliphatic carbocycles. The van der Waals surface area contributed by atoms with E-state index in [1.807, 2.05) is 55.1 Å². The molecule has 31 heavy (non-hydrogen) atoms. The number of aromatic nitrogens is 1. The number of benzene rings is 3. The second kappa shape index (κ2) is 7.43. The minimum atomic E-state index is -0.283. The number of nitrogens with zero attached hydrogens (tertiary/aromatic N) is 1. The lowest BCUT2D eigenvalue weighted by molar-refractivity contribution is 0.101. The van der Waals surface area contributed by atoms with E-state index in [9.17, 15) is 9.18 Å². The van der Waals surface area contributed by atoms with Crippen molar-refractivity contribution < 1.29 is 18.7 Å². The number of carbonyl (C=O) groups excluding carboxylic acids is 1. The zero-order chi connectivity index (χ0) is 21.5. The fourth-order valence-corrected chi connectivity index (χ4v) is 3.94. The highest BCUT2D eigenvalue weighted by atomic mass is 19.1. The smallest absolute Gasteiger partial charge is 0.232 e. The maximum Gasteiger partial charge on any atom is 0.232 e. The molecule has 5 rings (SSSR count). The average molecular weight is 413 g/mol. The van der Waals surface area contributed by atoms with Crippen LogP contribution >= 0.6 is 0 Å². The van der Waals surface area contributed by atoms with Crippen molar-refractivity contribution in [3.8, 4) is 11.5 Å². The molecule has 3 aromatic carbocycles. The van der Waals surface area contributed by atoms with Gasteiger partial charge in [-0.3, -0.25) is 4.79 Å². The Balaban J connectivity index is 1.43. The van der Waals surface area contributed by atoms with Crippen LogP contribution in [0.15, 0.2) is 72.6 Å². The van der Waals surface area contributed by atoms with E-state index in [4.69, 9.17) is 9.47 Å². The highest BCUT2D eigenvalue weighted by molar-refractivity contribution is 6.16. The molecular weight excluding hydrogens is 393 g/mol. The standard InChI is InChI=1S/C26H20FNO3/c1-16-11-20(30-15-17-7-9-19(27)10-8-17)13-23-25(16)26(29)24(31-23)12-18-14-28(2)22-6-4-3-5-21(18)22/h3-14H,15H2,1-2H3/b24-12-. The number of hydrogen-bond donors (Lipinski definition) is 0. The van der Waals surface area contributed by atoms with Gasteiger partial charge >= 0.3 is 0 Å². The second-order valence-corrected chi connectivity index (χ2v) is 7.68. The summed E-state index contributed by atoms with van der Waals surface area (Å²) >= 11 is 0. The van der Waals surface area contributed by atoms with E-state index >= 15 is 0 Å². The number of Topliss-reactive ketones (excluding diaryl/α,β-unsaturated/α-hetero) is 1. The van der Waals surface area contributed by atoms with Gasteiger partial charge in [-0.05, 0) is 48.4 Å². The van der Waals surface area contributed by atoms with Gasteiger partial charge in [0.05, 0.1) is 5.56 Å². The van der Waals surface area contributed by atoms with Crippen molar-refractivity contribution in [2.75, 3.05) is 0 Å². The van der Waals surface area contributed by atoms with Gasteiger partial charge in [-0.1, -0.05) is 30.3 Å². The van der Waals surface area contributed by atoms with Crippen LogP contribution in [0.25, 0.3) is 17.0 Å². The van der Waals surface area contributed by atoms with Gasteiger partial charge < -0.3 is 14.0 Å². The number of fused-ring (bicyclic) bond motifs is 2. The molecule has 4 aromatic rings. The van der Waals surface area contributed by atoms with E-state index in [-0.39, 0.29) is 11.6 Å². The molecule has 0 bridgehead atoms. The number of aryl methyl sites for hydroxylation is 2. The highest BCUT2D eigenvalue weighted by Crippen LogP contribution is 2.38. The van der Waals surface area contributed by atoms with Crippen molar-refractivity contribution in [3.05, 3.63) is 101 Å². The van der Waals surface area contributed by atoms with Crippen molar-refractivity contribution in [1.82, 2.24) is 4.57 Å². The lowest BCUT2D eigenvalue weighted by Crippen LogP contribution is -2.00. The van der Waals surface area contributed by atoms with Crippen LogP contribution in [0.3, 0.4) is 0 Å². The molecule has 0 unspecified atom stereocenters. The first-order valence-electron chi connectivity index (χ1n) is 10.00. The maximum absolute atomic E-state index is 13.1. The van der Waals surface area contributed by atoms with Gasteiger partial charge in [-0.25, -0.2) is 4.39 Å². The normalized spacial score (nSPS) is 14.2.